The summed E-state index contributed by atoms with van der Waals surface area (Å²) in [5, 5.41) is 0.539. The zero-order chi connectivity index (χ0) is 14.2. The predicted octanol–water partition coefficient (Wildman–Crippen LogP) is 1.74. The van der Waals surface area contributed by atoms with Gasteiger partial charge in [-0.15, -0.1) is 6.42 Å². The summed E-state index contributed by atoms with van der Waals surface area (Å²) in [6.07, 6.45) is 5.16. The smallest absolute Gasteiger partial charge is 0.268 e. The van der Waals surface area contributed by atoms with Gasteiger partial charge in [0, 0.05) is 5.02 Å². The van der Waals surface area contributed by atoms with Gasteiger partial charge in [-0.25, -0.2) is 4.90 Å². The molecule has 0 saturated carbocycles. The average molecular weight is 293 g/mol. The minimum absolute atomic E-state index is 0.0283. The van der Waals surface area contributed by atoms with Crippen molar-refractivity contribution in [2.45, 2.75) is 6.92 Å². The van der Waals surface area contributed by atoms with E-state index < -0.39 is 11.8 Å². The third-order valence-electron chi connectivity index (χ3n) is 2.71. The number of carbonyl (C=O) groups excluding carboxylic acids is 2. The Bertz CT molecular complexity index is 636. The highest BCUT2D eigenvalue weighted by atomic mass is 35.5. The molecular weight excluding hydrogens is 284 g/mol. The van der Waals surface area contributed by atoms with Crippen molar-refractivity contribution in [1.29, 1.82) is 0 Å². The summed E-state index contributed by atoms with van der Waals surface area (Å²) in [6.45, 7) is 1.77. The molecule has 0 unspecified atom stereocenters. The van der Waals surface area contributed by atoms with E-state index in [1.807, 2.05) is 0 Å². The zero-order valence-electron chi connectivity index (χ0n) is 10.0. The normalized spacial score (nSPS) is 15.1. The maximum absolute atomic E-state index is 12.0. The molecule has 0 N–H and O–H groups in total. The molecule has 0 aliphatic carbocycles. The van der Waals surface area contributed by atoms with Gasteiger partial charge in [-0.05, 0) is 36.8 Å². The van der Waals surface area contributed by atoms with E-state index >= 15 is 0 Å². The molecule has 4 nitrogen and oxygen atoms in total. The van der Waals surface area contributed by atoms with Crippen LogP contribution in [0.25, 0.3) is 0 Å². The van der Waals surface area contributed by atoms with Gasteiger partial charge in [0.25, 0.3) is 0 Å². The molecule has 6 heteroatoms. The van der Waals surface area contributed by atoms with Gasteiger partial charge in [0.2, 0.25) is 0 Å². The highest BCUT2D eigenvalue weighted by Crippen LogP contribution is 2.28. The van der Waals surface area contributed by atoms with Crippen LogP contribution in [0.15, 0.2) is 18.2 Å². The standard InChI is InChI=1S/C13H9ClN2O2S/c1-3-6-15-11(17)12(18)16(13(15)19)10-7-9(14)5-4-8(10)2/h1,4-5,7H,6H2,2H3. The number of anilines is 1. The Morgan fingerprint density at radius 1 is 1.37 bits per heavy atom. The first kappa shape index (κ1) is 13.5. The predicted molar refractivity (Wildman–Crippen MR) is 76.8 cm³/mol. The quantitative estimate of drug-likeness (QED) is 0.474. The maximum Gasteiger partial charge on any atom is 0.323 e. The first-order valence-corrected chi connectivity index (χ1v) is 6.15. The summed E-state index contributed by atoms with van der Waals surface area (Å²) in [5.41, 5.74) is 1.28. The molecule has 0 aromatic heterocycles. The van der Waals surface area contributed by atoms with E-state index in [1.165, 1.54) is 0 Å². The first-order chi connectivity index (χ1) is 8.97. The molecule has 2 amide bonds. The number of terminal acetylenes is 1. The molecule has 0 atom stereocenters. The number of carbonyl (C=O) groups is 2. The minimum atomic E-state index is -0.720. The third kappa shape index (κ3) is 2.21. The van der Waals surface area contributed by atoms with Crippen LogP contribution in [0.3, 0.4) is 0 Å². The van der Waals surface area contributed by atoms with Crippen LogP contribution in [0.5, 0.6) is 0 Å². The number of rotatable bonds is 2. The van der Waals surface area contributed by atoms with Crippen LogP contribution in [0, 0.1) is 19.3 Å². The molecule has 1 aliphatic heterocycles. The number of nitrogens with zero attached hydrogens (tertiary/aromatic N) is 2. The fraction of sp³-hybridized carbons (Fsp3) is 0.154. The lowest BCUT2D eigenvalue weighted by atomic mass is 10.2. The zero-order valence-corrected chi connectivity index (χ0v) is 11.6. The van der Waals surface area contributed by atoms with Gasteiger partial charge < -0.3 is 0 Å². The Hall–Kier alpha value is -1.90. The van der Waals surface area contributed by atoms with E-state index in [0.29, 0.717) is 10.7 Å². The van der Waals surface area contributed by atoms with E-state index in [1.54, 1.807) is 25.1 Å². The highest BCUT2D eigenvalue weighted by molar-refractivity contribution is 7.80. The molecule has 2 rings (SSSR count). The molecular formula is C13H9ClN2O2S. The molecule has 1 fully saturated rings. The monoisotopic (exact) mass is 292 g/mol. The number of halogens is 1. The number of aryl methyl sites for hydroxylation is 1. The van der Waals surface area contributed by atoms with Gasteiger partial charge in [0.05, 0.1) is 12.2 Å². The second-order valence-electron chi connectivity index (χ2n) is 3.95. The lowest BCUT2D eigenvalue weighted by Gasteiger charge is -2.19. The summed E-state index contributed by atoms with van der Waals surface area (Å²) in [4.78, 5) is 26.1. The number of benzene rings is 1. The lowest BCUT2D eigenvalue weighted by Crippen LogP contribution is -2.33. The summed E-state index contributed by atoms with van der Waals surface area (Å²) >= 11 is 11.1. The van der Waals surface area contributed by atoms with Crippen LogP contribution >= 0.6 is 23.8 Å². The van der Waals surface area contributed by atoms with Crippen molar-refractivity contribution in [3.8, 4) is 12.3 Å². The summed E-state index contributed by atoms with van der Waals surface area (Å²) < 4.78 is 0. The molecule has 1 saturated heterocycles. The Labute approximate surface area is 120 Å². The van der Waals surface area contributed by atoms with Crippen molar-refractivity contribution >= 4 is 46.4 Å². The van der Waals surface area contributed by atoms with Crippen LogP contribution < -0.4 is 4.90 Å². The van der Waals surface area contributed by atoms with Crippen LogP contribution in [0.2, 0.25) is 5.02 Å². The number of thiocarbonyl (C=S) groups is 1. The largest absolute Gasteiger partial charge is 0.323 e. The second-order valence-corrected chi connectivity index (χ2v) is 4.75. The van der Waals surface area contributed by atoms with E-state index in [-0.39, 0.29) is 11.7 Å². The van der Waals surface area contributed by atoms with Crippen molar-refractivity contribution in [3.05, 3.63) is 28.8 Å². The van der Waals surface area contributed by atoms with Gasteiger partial charge in [-0.1, -0.05) is 23.6 Å². The van der Waals surface area contributed by atoms with Gasteiger partial charge in [-0.3, -0.25) is 14.5 Å². The van der Waals surface area contributed by atoms with Crippen LogP contribution in [0.1, 0.15) is 5.56 Å². The van der Waals surface area contributed by atoms with Gasteiger partial charge in [0.1, 0.15) is 0 Å². The summed E-state index contributed by atoms with van der Waals surface area (Å²) in [6, 6.07) is 5.04. The highest BCUT2D eigenvalue weighted by Gasteiger charge is 2.42. The SMILES string of the molecule is C#CCN1C(=O)C(=O)N(c2cc(Cl)ccc2C)C1=S. The van der Waals surface area contributed by atoms with Crippen molar-refractivity contribution in [2.24, 2.45) is 0 Å². The van der Waals surface area contributed by atoms with Crippen molar-refractivity contribution in [2.75, 3.05) is 11.4 Å². The molecule has 0 spiro atoms. The van der Waals surface area contributed by atoms with Gasteiger partial charge >= 0.3 is 11.8 Å². The number of amides is 2. The van der Waals surface area contributed by atoms with E-state index in [4.69, 9.17) is 30.2 Å². The molecule has 0 radical (unpaired) electrons. The summed E-state index contributed by atoms with van der Waals surface area (Å²) in [7, 11) is 0. The van der Waals surface area contributed by atoms with Crippen molar-refractivity contribution in [3.63, 3.8) is 0 Å². The minimum Gasteiger partial charge on any atom is -0.268 e. The van der Waals surface area contributed by atoms with E-state index in [0.717, 1.165) is 15.4 Å². The Morgan fingerprint density at radius 3 is 2.68 bits per heavy atom. The molecule has 1 aromatic rings. The maximum atomic E-state index is 12.0. The lowest BCUT2D eigenvalue weighted by molar-refractivity contribution is -0.138. The Kier molecular flexibility index (Phi) is 3.56. The van der Waals surface area contributed by atoms with E-state index in [9.17, 15) is 9.59 Å². The molecule has 0 bridgehead atoms. The molecule has 1 aliphatic rings. The third-order valence-corrected chi connectivity index (χ3v) is 3.35. The Morgan fingerprint density at radius 2 is 2.05 bits per heavy atom. The number of hydrogen-bond donors (Lipinski definition) is 0. The Balaban J connectivity index is 2.49. The fourth-order valence-corrected chi connectivity index (χ4v) is 2.27. The van der Waals surface area contributed by atoms with Crippen molar-refractivity contribution < 1.29 is 9.59 Å². The van der Waals surface area contributed by atoms with Crippen LogP contribution in [0.4, 0.5) is 5.69 Å². The van der Waals surface area contributed by atoms with Crippen LogP contribution in [-0.4, -0.2) is 28.4 Å². The van der Waals surface area contributed by atoms with Crippen molar-refractivity contribution in [1.82, 2.24) is 4.90 Å². The van der Waals surface area contributed by atoms with Gasteiger partial charge in [0.15, 0.2) is 5.11 Å². The number of hydrogen-bond acceptors (Lipinski definition) is 3. The summed E-state index contributed by atoms with van der Waals surface area (Å²) in [5.74, 6) is 0.865. The fourth-order valence-electron chi connectivity index (χ4n) is 1.77. The molecule has 1 aromatic carbocycles. The molecule has 19 heavy (non-hydrogen) atoms. The molecule has 1 heterocycles. The topological polar surface area (TPSA) is 40.6 Å². The second kappa shape index (κ2) is 5.00. The molecule has 96 valence electrons. The first-order valence-electron chi connectivity index (χ1n) is 5.37. The average Bonchev–Trinajstić information content (AvgIpc) is 2.57. The van der Waals surface area contributed by atoms with Crippen LogP contribution in [-0.2, 0) is 9.59 Å². The van der Waals surface area contributed by atoms with E-state index in [2.05, 4.69) is 5.92 Å². The van der Waals surface area contributed by atoms with Gasteiger partial charge in [-0.2, -0.15) is 0 Å².